The Bertz CT molecular complexity index is 466. The SMILES string of the molecule is CCCCC#C/C(=C\C=C\c1ccccc1)CCCC. The van der Waals surface area contributed by atoms with Crippen LogP contribution in [0, 0.1) is 11.8 Å². The highest BCUT2D eigenvalue weighted by Gasteiger charge is 1.91. The van der Waals surface area contributed by atoms with Crippen LogP contribution in [0.25, 0.3) is 6.08 Å². The largest absolute Gasteiger partial charge is 0.0982 e. The molecule has 0 saturated heterocycles. The molecule has 106 valence electrons. The van der Waals surface area contributed by atoms with Gasteiger partial charge in [-0.15, -0.1) is 0 Å². The van der Waals surface area contributed by atoms with Gasteiger partial charge in [-0.05, 0) is 24.8 Å². The molecule has 0 heterocycles. The maximum absolute atomic E-state index is 3.34. The Hall–Kier alpha value is -1.74. The first-order chi connectivity index (χ1) is 9.86. The fraction of sp³-hybridized carbons (Fsp3) is 0.400. The monoisotopic (exact) mass is 266 g/mol. The highest BCUT2D eigenvalue weighted by molar-refractivity contribution is 5.51. The van der Waals surface area contributed by atoms with Gasteiger partial charge >= 0.3 is 0 Å². The smallest absolute Gasteiger partial charge is 0.00922 e. The number of unbranched alkanes of at least 4 members (excludes halogenated alkanes) is 3. The van der Waals surface area contributed by atoms with Crippen LogP contribution in [0.1, 0.15) is 57.9 Å². The minimum absolute atomic E-state index is 1.02. The standard InChI is InChI=1S/C20H26/c1-3-5-7-9-14-19(13-6-4-2)17-12-18-20-15-10-8-11-16-20/h8,10-12,15-18H,3-7,13H2,1-2H3/b18-12+,19-17-. The predicted octanol–water partition coefficient (Wildman–Crippen LogP) is 6.01. The molecular weight excluding hydrogens is 240 g/mol. The molecule has 1 aromatic rings. The Morgan fingerprint density at radius 1 is 1.05 bits per heavy atom. The van der Waals surface area contributed by atoms with Gasteiger partial charge in [0.2, 0.25) is 0 Å². The van der Waals surface area contributed by atoms with E-state index in [1.165, 1.54) is 36.8 Å². The van der Waals surface area contributed by atoms with E-state index in [0.717, 1.165) is 12.8 Å². The summed E-state index contributed by atoms with van der Waals surface area (Å²) in [7, 11) is 0. The number of hydrogen-bond acceptors (Lipinski definition) is 0. The molecule has 1 rings (SSSR count). The molecule has 0 aromatic heterocycles. The van der Waals surface area contributed by atoms with Crippen LogP contribution < -0.4 is 0 Å². The number of hydrogen-bond donors (Lipinski definition) is 0. The number of benzene rings is 1. The molecule has 0 aliphatic carbocycles. The van der Waals surface area contributed by atoms with Crippen molar-refractivity contribution >= 4 is 6.08 Å². The molecule has 0 atom stereocenters. The van der Waals surface area contributed by atoms with E-state index >= 15 is 0 Å². The zero-order valence-electron chi connectivity index (χ0n) is 12.9. The molecule has 0 fully saturated rings. The van der Waals surface area contributed by atoms with Crippen LogP contribution in [0.5, 0.6) is 0 Å². The van der Waals surface area contributed by atoms with E-state index in [-0.39, 0.29) is 0 Å². The molecule has 0 aliphatic heterocycles. The van der Waals surface area contributed by atoms with E-state index < -0.39 is 0 Å². The van der Waals surface area contributed by atoms with Crippen molar-refractivity contribution < 1.29 is 0 Å². The van der Waals surface area contributed by atoms with Gasteiger partial charge in [-0.2, -0.15) is 0 Å². The Morgan fingerprint density at radius 3 is 2.50 bits per heavy atom. The fourth-order valence-electron chi connectivity index (χ4n) is 1.84. The molecule has 20 heavy (non-hydrogen) atoms. The van der Waals surface area contributed by atoms with Crippen LogP contribution in [0.15, 0.2) is 48.1 Å². The van der Waals surface area contributed by atoms with Gasteiger partial charge in [-0.1, -0.05) is 87.1 Å². The summed E-state index contributed by atoms with van der Waals surface area (Å²) in [6, 6.07) is 10.4. The Kier molecular flexibility index (Phi) is 9.07. The van der Waals surface area contributed by atoms with Crippen LogP contribution in [0.4, 0.5) is 0 Å². The quantitative estimate of drug-likeness (QED) is 0.322. The average molecular weight is 266 g/mol. The van der Waals surface area contributed by atoms with Gasteiger partial charge < -0.3 is 0 Å². The number of allylic oxidation sites excluding steroid dienone is 3. The van der Waals surface area contributed by atoms with E-state index in [9.17, 15) is 0 Å². The third-order valence-electron chi connectivity index (χ3n) is 3.09. The van der Waals surface area contributed by atoms with Crippen molar-refractivity contribution in [3.8, 4) is 11.8 Å². The maximum atomic E-state index is 3.34. The van der Waals surface area contributed by atoms with Gasteiger partial charge in [0, 0.05) is 12.0 Å². The second kappa shape index (κ2) is 11.1. The van der Waals surface area contributed by atoms with Gasteiger partial charge in [0.25, 0.3) is 0 Å². The zero-order chi connectivity index (χ0) is 14.5. The van der Waals surface area contributed by atoms with Crippen molar-refractivity contribution in [2.24, 2.45) is 0 Å². The summed E-state index contributed by atoms with van der Waals surface area (Å²) in [5.41, 5.74) is 2.49. The summed E-state index contributed by atoms with van der Waals surface area (Å²) in [5, 5.41) is 0. The van der Waals surface area contributed by atoms with E-state index in [2.05, 4.69) is 68.2 Å². The van der Waals surface area contributed by atoms with Crippen molar-refractivity contribution in [3.05, 3.63) is 53.6 Å². The minimum atomic E-state index is 1.02. The molecule has 1 aromatic carbocycles. The maximum Gasteiger partial charge on any atom is 0.00922 e. The summed E-state index contributed by atoms with van der Waals surface area (Å²) in [4.78, 5) is 0. The van der Waals surface area contributed by atoms with Gasteiger partial charge in [-0.25, -0.2) is 0 Å². The van der Waals surface area contributed by atoms with E-state index in [4.69, 9.17) is 0 Å². The van der Waals surface area contributed by atoms with Gasteiger partial charge in [0.1, 0.15) is 0 Å². The molecule has 0 spiro atoms. The van der Waals surface area contributed by atoms with Crippen LogP contribution in [-0.2, 0) is 0 Å². The molecule has 0 unspecified atom stereocenters. The predicted molar refractivity (Wildman–Crippen MR) is 90.4 cm³/mol. The summed E-state index contributed by atoms with van der Waals surface area (Å²) in [6.07, 6.45) is 13.4. The Balaban J connectivity index is 2.63. The molecule has 0 N–H and O–H groups in total. The van der Waals surface area contributed by atoms with Crippen LogP contribution in [0.2, 0.25) is 0 Å². The van der Waals surface area contributed by atoms with Crippen molar-refractivity contribution in [1.82, 2.24) is 0 Å². The average Bonchev–Trinajstić information content (AvgIpc) is 2.49. The third kappa shape index (κ3) is 7.64. The second-order valence-corrected chi connectivity index (χ2v) is 4.97. The molecule has 0 radical (unpaired) electrons. The van der Waals surface area contributed by atoms with Crippen molar-refractivity contribution in [3.63, 3.8) is 0 Å². The normalized spacial score (nSPS) is 11.4. The molecular formula is C20H26. The van der Waals surface area contributed by atoms with Gasteiger partial charge in [-0.3, -0.25) is 0 Å². The lowest BCUT2D eigenvalue weighted by Crippen LogP contribution is -1.80. The first-order valence-corrected chi connectivity index (χ1v) is 7.78. The summed E-state index contributed by atoms with van der Waals surface area (Å²) >= 11 is 0. The fourth-order valence-corrected chi connectivity index (χ4v) is 1.84. The Labute approximate surface area is 124 Å². The topological polar surface area (TPSA) is 0 Å². The lowest BCUT2D eigenvalue weighted by Gasteiger charge is -1.97. The van der Waals surface area contributed by atoms with Crippen LogP contribution in [0.3, 0.4) is 0 Å². The van der Waals surface area contributed by atoms with Crippen LogP contribution >= 0.6 is 0 Å². The lowest BCUT2D eigenvalue weighted by molar-refractivity contribution is 0.800. The molecule has 0 amide bonds. The van der Waals surface area contributed by atoms with E-state index in [1.807, 2.05) is 6.07 Å². The minimum Gasteiger partial charge on any atom is -0.0982 e. The molecule has 0 saturated carbocycles. The van der Waals surface area contributed by atoms with Crippen molar-refractivity contribution in [2.45, 2.75) is 52.4 Å². The highest BCUT2D eigenvalue weighted by Crippen LogP contribution is 2.08. The lowest BCUT2D eigenvalue weighted by atomic mass is 10.1. The molecule has 0 bridgehead atoms. The third-order valence-corrected chi connectivity index (χ3v) is 3.09. The number of rotatable bonds is 7. The van der Waals surface area contributed by atoms with Gasteiger partial charge in [0.15, 0.2) is 0 Å². The first-order valence-electron chi connectivity index (χ1n) is 7.78. The van der Waals surface area contributed by atoms with Crippen molar-refractivity contribution in [2.75, 3.05) is 0 Å². The molecule has 0 nitrogen and oxygen atoms in total. The van der Waals surface area contributed by atoms with Crippen LogP contribution in [-0.4, -0.2) is 0 Å². The summed E-state index contributed by atoms with van der Waals surface area (Å²) in [5.74, 6) is 6.63. The molecule has 0 aliphatic rings. The van der Waals surface area contributed by atoms with Gasteiger partial charge in [0.05, 0.1) is 0 Å². The summed E-state index contributed by atoms with van der Waals surface area (Å²) in [6.45, 7) is 4.43. The van der Waals surface area contributed by atoms with Crippen molar-refractivity contribution in [1.29, 1.82) is 0 Å². The van der Waals surface area contributed by atoms with E-state index in [0.29, 0.717) is 0 Å². The molecule has 0 heteroatoms. The summed E-state index contributed by atoms with van der Waals surface area (Å²) < 4.78 is 0. The second-order valence-electron chi connectivity index (χ2n) is 4.97. The zero-order valence-corrected chi connectivity index (χ0v) is 12.9. The first kappa shape index (κ1) is 16.3. The Morgan fingerprint density at radius 2 is 1.80 bits per heavy atom. The van der Waals surface area contributed by atoms with E-state index in [1.54, 1.807) is 0 Å². The highest BCUT2D eigenvalue weighted by atomic mass is 14.0.